The predicted octanol–water partition coefficient (Wildman–Crippen LogP) is 1.59. The van der Waals surface area contributed by atoms with Crippen LogP contribution < -0.4 is 5.73 Å². The Labute approximate surface area is 85.0 Å². The second-order valence-corrected chi connectivity index (χ2v) is 3.75. The van der Waals surface area contributed by atoms with Crippen molar-refractivity contribution in [2.24, 2.45) is 5.73 Å². The van der Waals surface area contributed by atoms with E-state index in [1.807, 2.05) is 6.07 Å². The van der Waals surface area contributed by atoms with Gasteiger partial charge in [0.25, 0.3) is 0 Å². The Bertz CT molecular complexity index is 286. The first kappa shape index (κ1) is 11.1. The van der Waals surface area contributed by atoms with Crippen LogP contribution in [0, 0.1) is 0 Å². The van der Waals surface area contributed by atoms with Crippen LogP contribution in [0.2, 0.25) is 0 Å². The van der Waals surface area contributed by atoms with Crippen molar-refractivity contribution in [1.82, 2.24) is 4.98 Å². The average Bonchev–Trinajstić information content (AvgIpc) is 2.18. The summed E-state index contributed by atoms with van der Waals surface area (Å²) in [5.41, 5.74) is 7.48. The Hall–Kier alpha value is -0.930. The SMILES string of the molecule is CC(C)c1ccncc1C(O)CCN. The molecule has 0 amide bonds. The molecule has 78 valence electrons. The van der Waals surface area contributed by atoms with E-state index in [1.165, 1.54) is 0 Å². The van der Waals surface area contributed by atoms with Gasteiger partial charge in [-0.05, 0) is 30.5 Å². The molecule has 3 nitrogen and oxygen atoms in total. The smallest absolute Gasteiger partial charge is 0.0819 e. The highest BCUT2D eigenvalue weighted by molar-refractivity contribution is 5.28. The molecule has 1 unspecified atom stereocenters. The molecule has 1 atom stereocenters. The van der Waals surface area contributed by atoms with E-state index in [0.29, 0.717) is 18.9 Å². The molecule has 0 aliphatic rings. The van der Waals surface area contributed by atoms with Crippen molar-refractivity contribution in [3.05, 3.63) is 29.6 Å². The summed E-state index contributed by atoms with van der Waals surface area (Å²) in [6.07, 6.45) is 3.60. The summed E-state index contributed by atoms with van der Waals surface area (Å²) >= 11 is 0. The minimum atomic E-state index is -0.480. The van der Waals surface area contributed by atoms with Gasteiger partial charge < -0.3 is 10.8 Å². The average molecular weight is 194 g/mol. The molecule has 3 heteroatoms. The minimum Gasteiger partial charge on any atom is -0.388 e. The van der Waals surface area contributed by atoms with Crippen LogP contribution >= 0.6 is 0 Å². The van der Waals surface area contributed by atoms with Gasteiger partial charge in [-0.1, -0.05) is 13.8 Å². The summed E-state index contributed by atoms with van der Waals surface area (Å²) in [6, 6.07) is 1.96. The van der Waals surface area contributed by atoms with Crippen molar-refractivity contribution in [3.63, 3.8) is 0 Å². The zero-order chi connectivity index (χ0) is 10.6. The van der Waals surface area contributed by atoms with Gasteiger partial charge in [-0.2, -0.15) is 0 Å². The Morgan fingerprint density at radius 1 is 1.43 bits per heavy atom. The molecule has 0 bridgehead atoms. The first-order valence-corrected chi connectivity index (χ1v) is 4.98. The first-order valence-electron chi connectivity index (χ1n) is 4.98. The van der Waals surface area contributed by atoms with Crippen LogP contribution in [0.5, 0.6) is 0 Å². The van der Waals surface area contributed by atoms with Crippen molar-refractivity contribution in [1.29, 1.82) is 0 Å². The van der Waals surface area contributed by atoms with Crippen LogP contribution in [-0.2, 0) is 0 Å². The molecular weight excluding hydrogens is 176 g/mol. The number of aromatic nitrogens is 1. The predicted molar refractivity (Wildman–Crippen MR) is 57.0 cm³/mol. The molecule has 0 radical (unpaired) electrons. The van der Waals surface area contributed by atoms with Crippen molar-refractivity contribution in [2.75, 3.05) is 6.54 Å². The molecule has 0 saturated heterocycles. The van der Waals surface area contributed by atoms with E-state index in [0.717, 1.165) is 11.1 Å². The number of hydrogen-bond donors (Lipinski definition) is 2. The van der Waals surface area contributed by atoms with Crippen LogP contribution in [0.25, 0.3) is 0 Å². The standard InChI is InChI=1S/C11H18N2O/c1-8(2)9-4-6-13-7-10(9)11(14)3-5-12/h4,6-8,11,14H,3,5,12H2,1-2H3. The molecule has 1 aromatic rings. The van der Waals surface area contributed by atoms with E-state index >= 15 is 0 Å². The largest absolute Gasteiger partial charge is 0.388 e. The molecule has 0 aliphatic carbocycles. The summed E-state index contributed by atoms with van der Waals surface area (Å²) in [6.45, 7) is 4.70. The highest BCUT2D eigenvalue weighted by Gasteiger charge is 2.13. The fraction of sp³-hybridized carbons (Fsp3) is 0.545. The van der Waals surface area contributed by atoms with Gasteiger partial charge in [-0.15, -0.1) is 0 Å². The highest BCUT2D eigenvalue weighted by Crippen LogP contribution is 2.25. The summed E-state index contributed by atoms with van der Waals surface area (Å²) in [5.74, 6) is 0.403. The summed E-state index contributed by atoms with van der Waals surface area (Å²) < 4.78 is 0. The van der Waals surface area contributed by atoms with Crippen molar-refractivity contribution >= 4 is 0 Å². The maximum absolute atomic E-state index is 9.83. The zero-order valence-electron chi connectivity index (χ0n) is 8.77. The van der Waals surface area contributed by atoms with Gasteiger partial charge >= 0.3 is 0 Å². The quantitative estimate of drug-likeness (QED) is 0.765. The Kier molecular flexibility index (Phi) is 4.04. The van der Waals surface area contributed by atoms with E-state index < -0.39 is 6.10 Å². The van der Waals surface area contributed by atoms with E-state index in [-0.39, 0.29) is 0 Å². The highest BCUT2D eigenvalue weighted by atomic mass is 16.3. The van der Waals surface area contributed by atoms with Gasteiger partial charge in [0.15, 0.2) is 0 Å². The van der Waals surface area contributed by atoms with Gasteiger partial charge in [0, 0.05) is 18.0 Å². The lowest BCUT2D eigenvalue weighted by molar-refractivity contribution is 0.168. The number of nitrogens with zero attached hydrogens (tertiary/aromatic N) is 1. The van der Waals surface area contributed by atoms with E-state index in [4.69, 9.17) is 5.73 Å². The lowest BCUT2D eigenvalue weighted by atomic mass is 9.95. The van der Waals surface area contributed by atoms with Crippen LogP contribution in [0.4, 0.5) is 0 Å². The van der Waals surface area contributed by atoms with E-state index in [2.05, 4.69) is 18.8 Å². The van der Waals surface area contributed by atoms with Crippen LogP contribution in [0.3, 0.4) is 0 Å². The van der Waals surface area contributed by atoms with Gasteiger partial charge in [0.05, 0.1) is 6.10 Å². The van der Waals surface area contributed by atoms with Crippen LogP contribution in [0.15, 0.2) is 18.5 Å². The molecule has 0 aromatic carbocycles. The third-order valence-electron chi connectivity index (χ3n) is 2.31. The molecular formula is C11H18N2O. The third-order valence-corrected chi connectivity index (χ3v) is 2.31. The number of aliphatic hydroxyl groups excluding tert-OH is 1. The normalized spacial score (nSPS) is 13.2. The third kappa shape index (κ3) is 2.53. The summed E-state index contributed by atoms with van der Waals surface area (Å²) in [7, 11) is 0. The van der Waals surface area contributed by atoms with Gasteiger partial charge in [0.1, 0.15) is 0 Å². The lowest BCUT2D eigenvalue weighted by Gasteiger charge is -2.16. The van der Waals surface area contributed by atoms with Crippen molar-refractivity contribution in [3.8, 4) is 0 Å². The van der Waals surface area contributed by atoms with Gasteiger partial charge in [0.2, 0.25) is 0 Å². The maximum Gasteiger partial charge on any atom is 0.0819 e. The minimum absolute atomic E-state index is 0.403. The molecule has 14 heavy (non-hydrogen) atoms. The number of pyridine rings is 1. The Morgan fingerprint density at radius 3 is 2.71 bits per heavy atom. The summed E-state index contributed by atoms with van der Waals surface area (Å²) in [5, 5.41) is 9.83. The Balaban J connectivity index is 2.94. The van der Waals surface area contributed by atoms with Gasteiger partial charge in [-0.25, -0.2) is 0 Å². The van der Waals surface area contributed by atoms with E-state index in [9.17, 15) is 5.11 Å². The molecule has 1 aromatic heterocycles. The number of rotatable bonds is 4. The maximum atomic E-state index is 9.83. The van der Waals surface area contributed by atoms with Crippen molar-refractivity contribution in [2.45, 2.75) is 32.3 Å². The second kappa shape index (κ2) is 5.08. The zero-order valence-corrected chi connectivity index (χ0v) is 8.77. The fourth-order valence-electron chi connectivity index (χ4n) is 1.54. The molecule has 0 saturated carbocycles. The molecule has 0 spiro atoms. The topological polar surface area (TPSA) is 59.1 Å². The summed E-state index contributed by atoms with van der Waals surface area (Å²) in [4.78, 5) is 4.03. The molecule has 3 N–H and O–H groups in total. The number of hydrogen-bond acceptors (Lipinski definition) is 3. The number of nitrogens with two attached hydrogens (primary N) is 1. The fourth-order valence-corrected chi connectivity index (χ4v) is 1.54. The van der Waals surface area contributed by atoms with Crippen molar-refractivity contribution < 1.29 is 5.11 Å². The number of aliphatic hydroxyl groups is 1. The molecule has 1 heterocycles. The van der Waals surface area contributed by atoms with Gasteiger partial charge in [-0.3, -0.25) is 4.98 Å². The molecule has 0 fully saturated rings. The second-order valence-electron chi connectivity index (χ2n) is 3.75. The van der Waals surface area contributed by atoms with E-state index in [1.54, 1.807) is 12.4 Å². The van der Waals surface area contributed by atoms with Crippen LogP contribution in [-0.4, -0.2) is 16.6 Å². The molecule has 1 rings (SSSR count). The Morgan fingerprint density at radius 2 is 2.14 bits per heavy atom. The lowest BCUT2D eigenvalue weighted by Crippen LogP contribution is -2.09. The van der Waals surface area contributed by atoms with Crippen LogP contribution in [0.1, 0.15) is 43.4 Å². The monoisotopic (exact) mass is 194 g/mol. The molecule has 0 aliphatic heterocycles. The first-order chi connectivity index (χ1) is 6.66.